The number of carbonyl (C=O) groups excluding carboxylic acids is 1. The third kappa shape index (κ3) is 19.1. The molecule has 0 heterocycles. The quantitative estimate of drug-likeness (QED) is 0.107. The maximum Gasteiger partial charge on any atom is 0.500 e. The fraction of sp³-hybridized carbons (Fsp3) is 0.955. The minimum Gasteiger partial charge on any atom is -0.374 e. The summed E-state index contributed by atoms with van der Waals surface area (Å²) in [6, 6.07) is 0.910. The zero-order valence-corrected chi connectivity index (χ0v) is 22.0. The zero-order valence-electron chi connectivity index (χ0n) is 20.1. The topological polar surface area (TPSA) is 102 Å². The number of carbonyl (C=O) groups is 1. The van der Waals surface area contributed by atoms with Crippen molar-refractivity contribution in [2.45, 2.75) is 110 Å². The Morgan fingerprint density at radius 2 is 1.03 bits per heavy atom. The van der Waals surface area contributed by atoms with Gasteiger partial charge in [-0.05, 0) is 33.6 Å². The number of Topliss-reactive ketones (excluding diaryl/α,β-unsaturated/α-hetero) is 1. The van der Waals surface area contributed by atoms with Gasteiger partial charge in [0.2, 0.25) is 0 Å². The van der Waals surface area contributed by atoms with Crippen LogP contribution >= 0.6 is 7.60 Å². The predicted molar refractivity (Wildman–Crippen MR) is 127 cm³/mol. The lowest BCUT2D eigenvalue weighted by atomic mass is 10.0. The molecular weight excluding hydrogens is 435 g/mol. The number of hydrogen-bond donors (Lipinski definition) is 2. The lowest BCUT2D eigenvalue weighted by Gasteiger charge is -2.28. The van der Waals surface area contributed by atoms with Crippen molar-refractivity contribution in [1.82, 2.24) is 0 Å². The molecule has 0 aromatic carbocycles. The van der Waals surface area contributed by atoms with E-state index in [-0.39, 0.29) is 12.2 Å². The molecule has 0 unspecified atom stereocenters. The van der Waals surface area contributed by atoms with E-state index in [9.17, 15) is 9.36 Å². The molecule has 0 spiro atoms. The summed E-state index contributed by atoms with van der Waals surface area (Å²) >= 11 is 0. The fourth-order valence-corrected chi connectivity index (χ4v) is 7.04. The third-order valence-electron chi connectivity index (χ3n) is 5.16. The van der Waals surface area contributed by atoms with E-state index in [0.29, 0.717) is 19.8 Å². The maximum atomic E-state index is 11.4. The Balaban J connectivity index is 3.55. The number of ketones is 1. The van der Waals surface area contributed by atoms with E-state index in [4.69, 9.17) is 23.1 Å². The summed E-state index contributed by atoms with van der Waals surface area (Å²) in [5.41, 5.74) is 0. The Morgan fingerprint density at radius 3 is 1.39 bits per heavy atom. The molecule has 0 radical (unpaired) electrons. The normalized spacial score (nSPS) is 12.4. The highest BCUT2D eigenvalue weighted by molar-refractivity contribution is 7.52. The SMILES string of the molecule is CCO[Si](CCCCCCCCCCCCCCC(=O)CP(=O)(O)O)(OCC)OCC. The van der Waals surface area contributed by atoms with Crippen LogP contribution in [-0.2, 0) is 22.6 Å². The van der Waals surface area contributed by atoms with Crippen LogP contribution in [0.4, 0.5) is 0 Å². The van der Waals surface area contributed by atoms with Crippen LogP contribution in [0, 0.1) is 0 Å². The summed E-state index contributed by atoms with van der Waals surface area (Å²) in [5, 5.41) is 0. The van der Waals surface area contributed by atoms with Gasteiger partial charge >= 0.3 is 16.4 Å². The van der Waals surface area contributed by atoms with Gasteiger partial charge in [0.15, 0.2) is 0 Å². The molecule has 0 aromatic heterocycles. The Hall–Kier alpha value is -0.0831. The first-order valence-electron chi connectivity index (χ1n) is 12.3. The van der Waals surface area contributed by atoms with Crippen LogP contribution < -0.4 is 0 Å². The lowest BCUT2D eigenvalue weighted by molar-refractivity contribution is -0.117. The molecule has 0 aliphatic heterocycles. The molecule has 31 heavy (non-hydrogen) atoms. The highest BCUT2D eigenvalue weighted by Gasteiger charge is 2.39. The minimum atomic E-state index is -4.19. The van der Waals surface area contributed by atoms with Crippen molar-refractivity contribution in [3.63, 3.8) is 0 Å². The molecule has 0 bridgehead atoms. The van der Waals surface area contributed by atoms with Gasteiger partial charge in [0, 0.05) is 32.3 Å². The van der Waals surface area contributed by atoms with Crippen molar-refractivity contribution in [3.8, 4) is 0 Å². The van der Waals surface area contributed by atoms with Crippen LogP contribution in [0.5, 0.6) is 0 Å². The largest absolute Gasteiger partial charge is 0.500 e. The second-order valence-corrected chi connectivity index (χ2v) is 12.5. The van der Waals surface area contributed by atoms with Gasteiger partial charge in [0.05, 0.1) is 0 Å². The van der Waals surface area contributed by atoms with Crippen LogP contribution in [0.1, 0.15) is 104 Å². The van der Waals surface area contributed by atoms with Crippen molar-refractivity contribution < 1.29 is 32.4 Å². The molecule has 0 atom stereocenters. The molecule has 0 aliphatic rings. The van der Waals surface area contributed by atoms with Gasteiger partial charge in [-0.3, -0.25) is 9.36 Å². The van der Waals surface area contributed by atoms with Gasteiger partial charge in [-0.1, -0.05) is 64.2 Å². The monoisotopic (exact) mass is 482 g/mol. The van der Waals surface area contributed by atoms with E-state index in [0.717, 1.165) is 31.7 Å². The smallest absolute Gasteiger partial charge is 0.374 e. The van der Waals surface area contributed by atoms with Crippen molar-refractivity contribution in [2.24, 2.45) is 0 Å². The second kappa shape index (κ2) is 19.4. The third-order valence-corrected chi connectivity index (χ3v) is 9.08. The van der Waals surface area contributed by atoms with Crippen molar-refractivity contribution >= 4 is 22.2 Å². The van der Waals surface area contributed by atoms with Crippen LogP contribution in [0.15, 0.2) is 0 Å². The molecule has 0 saturated heterocycles. The molecule has 0 fully saturated rings. The number of rotatable bonds is 23. The lowest BCUT2D eigenvalue weighted by Crippen LogP contribution is -2.45. The molecule has 0 aromatic rings. The highest BCUT2D eigenvalue weighted by Crippen LogP contribution is 2.34. The Bertz CT molecular complexity index is 467. The molecule has 9 heteroatoms. The second-order valence-electron chi connectivity index (χ2n) is 8.09. The Kier molecular flexibility index (Phi) is 19.3. The molecule has 0 amide bonds. The molecule has 0 aliphatic carbocycles. The molecule has 7 nitrogen and oxygen atoms in total. The average molecular weight is 483 g/mol. The fourth-order valence-electron chi connectivity index (χ4n) is 3.74. The Morgan fingerprint density at radius 1 is 0.677 bits per heavy atom. The van der Waals surface area contributed by atoms with E-state index in [1.54, 1.807) is 0 Å². The summed E-state index contributed by atoms with van der Waals surface area (Å²) < 4.78 is 28.4. The van der Waals surface area contributed by atoms with E-state index in [1.165, 1.54) is 51.4 Å². The van der Waals surface area contributed by atoms with E-state index in [2.05, 4.69) is 0 Å². The van der Waals surface area contributed by atoms with Gasteiger partial charge in [-0.2, -0.15) is 0 Å². The minimum absolute atomic E-state index is 0.286. The van der Waals surface area contributed by atoms with E-state index in [1.807, 2.05) is 20.8 Å². The first-order valence-corrected chi connectivity index (χ1v) is 16.0. The van der Waals surface area contributed by atoms with Gasteiger partial charge in [0.1, 0.15) is 11.9 Å². The predicted octanol–water partition coefficient (Wildman–Crippen LogP) is 5.85. The van der Waals surface area contributed by atoms with Crippen LogP contribution in [-0.4, -0.2) is 50.4 Å². The Labute approximate surface area is 191 Å². The molecule has 0 rings (SSSR count). The number of hydrogen-bond acceptors (Lipinski definition) is 5. The first kappa shape index (κ1) is 30.9. The summed E-state index contributed by atoms with van der Waals surface area (Å²) in [4.78, 5) is 28.9. The van der Waals surface area contributed by atoms with E-state index < -0.39 is 22.6 Å². The standard InChI is InChI=1S/C22H47O7PSi/c1-4-27-31(28-5-2,29-6-3)20-18-16-14-12-10-8-7-9-11-13-15-17-19-22(23)21-30(24,25)26/h4-21H2,1-3H3,(H2,24,25,26). The van der Waals surface area contributed by atoms with Gasteiger partial charge in [-0.15, -0.1) is 0 Å². The molecular formula is C22H47O7PSi. The summed E-state index contributed by atoms with van der Waals surface area (Å²) in [7, 11) is -6.66. The average Bonchev–Trinajstić information content (AvgIpc) is 2.67. The van der Waals surface area contributed by atoms with Gasteiger partial charge < -0.3 is 23.1 Å². The van der Waals surface area contributed by atoms with Crippen LogP contribution in [0.2, 0.25) is 6.04 Å². The molecule has 2 N–H and O–H groups in total. The van der Waals surface area contributed by atoms with Crippen molar-refractivity contribution in [1.29, 1.82) is 0 Å². The first-order chi connectivity index (χ1) is 14.8. The maximum absolute atomic E-state index is 11.4. The van der Waals surface area contributed by atoms with Crippen LogP contribution in [0.25, 0.3) is 0 Å². The molecule has 0 saturated carbocycles. The summed E-state index contributed by atoms with van der Waals surface area (Å²) in [5.74, 6) is -0.324. The zero-order chi connectivity index (χ0) is 23.4. The molecule has 186 valence electrons. The van der Waals surface area contributed by atoms with E-state index >= 15 is 0 Å². The van der Waals surface area contributed by atoms with Crippen molar-refractivity contribution in [2.75, 3.05) is 26.0 Å². The summed E-state index contributed by atoms with van der Waals surface area (Å²) in [6.45, 7) is 7.91. The van der Waals surface area contributed by atoms with Crippen molar-refractivity contribution in [3.05, 3.63) is 0 Å². The van der Waals surface area contributed by atoms with Gasteiger partial charge in [0.25, 0.3) is 0 Å². The summed E-state index contributed by atoms with van der Waals surface area (Å²) in [6.07, 6.45) is 13.5. The van der Waals surface area contributed by atoms with Crippen LogP contribution in [0.3, 0.4) is 0 Å². The number of unbranched alkanes of at least 4 members (excludes halogenated alkanes) is 11. The highest BCUT2D eigenvalue weighted by atomic mass is 31.2. The van der Waals surface area contributed by atoms with Gasteiger partial charge in [-0.25, -0.2) is 0 Å².